The zero-order valence-electron chi connectivity index (χ0n) is 13.0. The minimum Gasteiger partial charge on any atom is -0.384 e. The fourth-order valence-corrected chi connectivity index (χ4v) is 3.47. The highest BCUT2D eigenvalue weighted by Gasteiger charge is 2.15. The molecule has 1 aliphatic heterocycles. The van der Waals surface area contributed by atoms with Gasteiger partial charge in [-0.05, 0) is 56.1 Å². The zero-order chi connectivity index (χ0) is 15.3. The van der Waals surface area contributed by atoms with Gasteiger partial charge in [0.25, 0.3) is 0 Å². The maximum absolute atomic E-state index is 11.7. The van der Waals surface area contributed by atoms with Crippen LogP contribution in [0.4, 0.5) is 5.69 Å². The Morgan fingerprint density at radius 2 is 1.81 bits per heavy atom. The fourth-order valence-electron chi connectivity index (χ4n) is 2.59. The summed E-state index contributed by atoms with van der Waals surface area (Å²) >= 11 is 0. The Hall–Kier alpha value is -1.07. The summed E-state index contributed by atoms with van der Waals surface area (Å²) in [5, 5.41) is 3.36. The molecule has 21 heavy (non-hydrogen) atoms. The molecule has 2 rings (SSSR count). The molecule has 4 nitrogen and oxygen atoms in total. The Labute approximate surface area is 128 Å². The van der Waals surface area contributed by atoms with Crippen molar-refractivity contribution in [2.75, 3.05) is 37.2 Å². The first-order valence-electron chi connectivity index (χ1n) is 7.80. The quantitative estimate of drug-likeness (QED) is 0.877. The summed E-state index contributed by atoms with van der Waals surface area (Å²) in [6.07, 6.45) is 2.59. The van der Waals surface area contributed by atoms with Gasteiger partial charge in [0.15, 0.2) is 9.84 Å². The van der Waals surface area contributed by atoms with Gasteiger partial charge in [-0.25, -0.2) is 8.42 Å². The van der Waals surface area contributed by atoms with E-state index >= 15 is 0 Å². The van der Waals surface area contributed by atoms with E-state index in [1.165, 1.54) is 25.9 Å². The van der Waals surface area contributed by atoms with Gasteiger partial charge >= 0.3 is 0 Å². The summed E-state index contributed by atoms with van der Waals surface area (Å²) < 4.78 is 23.5. The Morgan fingerprint density at radius 1 is 1.19 bits per heavy atom. The molecule has 0 saturated carbocycles. The molecule has 0 spiro atoms. The van der Waals surface area contributed by atoms with Crippen LogP contribution in [0.15, 0.2) is 29.2 Å². The van der Waals surface area contributed by atoms with E-state index in [1.54, 1.807) is 19.1 Å². The van der Waals surface area contributed by atoms with Crippen LogP contribution in [0, 0.1) is 5.92 Å². The maximum Gasteiger partial charge on any atom is 0.178 e. The van der Waals surface area contributed by atoms with Crippen molar-refractivity contribution < 1.29 is 8.42 Å². The molecule has 1 fully saturated rings. The van der Waals surface area contributed by atoms with Gasteiger partial charge in [-0.15, -0.1) is 0 Å². The number of hydrogen-bond donors (Lipinski definition) is 1. The summed E-state index contributed by atoms with van der Waals surface area (Å²) in [6.45, 7) is 8.31. The molecule has 1 aromatic carbocycles. The third-order valence-electron chi connectivity index (χ3n) is 4.23. The van der Waals surface area contributed by atoms with Gasteiger partial charge in [0.05, 0.1) is 10.6 Å². The summed E-state index contributed by atoms with van der Waals surface area (Å²) in [4.78, 5) is 2.89. The van der Waals surface area contributed by atoms with Crippen LogP contribution >= 0.6 is 0 Å². The van der Waals surface area contributed by atoms with E-state index in [-0.39, 0.29) is 5.75 Å². The number of piperidine rings is 1. The standard InChI is InChI=1S/C16H26N2O2S/c1-3-21(19,20)16-6-4-15(5-7-16)17-10-13-18-11-8-14(2)9-12-18/h4-7,14,17H,3,8-13H2,1-2H3. The third kappa shape index (κ3) is 4.71. The van der Waals surface area contributed by atoms with E-state index in [4.69, 9.17) is 0 Å². The van der Waals surface area contributed by atoms with Crippen LogP contribution in [0.25, 0.3) is 0 Å². The Kier molecular flexibility index (Phi) is 5.65. The van der Waals surface area contributed by atoms with Crippen LogP contribution in [0.2, 0.25) is 0 Å². The highest BCUT2D eigenvalue weighted by Crippen LogP contribution is 2.17. The number of benzene rings is 1. The van der Waals surface area contributed by atoms with Crippen LogP contribution in [0.5, 0.6) is 0 Å². The predicted molar refractivity (Wildman–Crippen MR) is 87.5 cm³/mol. The number of likely N-dealkylation sites (tertiary alicyclic amines) is 1. The smallest absolute Gasteiger partial charge is 0.178 e. The molecule has 1 saturated heterocycles. The molecular weight excluding hydrogens is 284 g/mol. The average Bonchev–Trinajstić information content (AvgIpc) is 2.50. The highest BCUT2D eigenvalue weighted by atomic mass is 32.2. The molecule has 0 unspecified atom stereocenters. The van der Waals surface area contributed by atoms with Crippen LogP contribution in [-0.2, 0) is 9.84 Å². The van der Waals surface area contributed by atoms with E-state index in [2.05, 4.69) is 17.1 Å². The highest BCUT2D eigenvalue weighted by molar-refractivity contribution is 7.91. The van der Waals surface area contributed by atoms with Crippen molar-refractivity contribution in [1.29, 1.82) is 0 Å². The van der Waals surface area contributed by atoms with Crippen LogP contribution < -0.4 is 5.32 Å². The first-order chi connectivity index (χ1) is 10.0. The molecule has 1 N–H and O–H groups in total. The number of rotatable bonds is 6. The second-order valence-electron chi connectivity index (χ2n) is 5.88. The lowest BCUT2D eigenvalue weighted by atomic mass is 9.99. The lowest BCUT2D eigenvalue weighted by Crippen LogP contribution is -2.36. The minimum absolute atomic E-state index is 0.146. The maximum atomic E-state index is 11.7. The van der Waals surface area contributed by atoms with Crippen molar-refractivity contribution in [3.05, 3.63) is 24.3 Å². The molecule has 118 valence electrons. The van der Waals surface area contributed by atoms with E-state index in [0.29, 0.717) is 4.90 Å². The van der Waals surface area contributed by atoms with Crippen molar-refractivity contribution in [2.45, 2.75) is 31.6 Å². The van der Waals surface area contributed by atoms with Crippen molar-refractivity contribution in [2.24, 2.45) is 5.92 Å². The number of nitrogens with zero attached hydrogens (tertiary/aromatic N) is 1. The molecular formula is C16H26N2O2S. The van der Waals surface area contributed by atoms with Gasteiger partial charge in [-0.2, -0.15) is 0 Å². The van der Waals surface area contributed by atoms with Crippen molar-refractivity contribution >= 4 is 15.5 Å². The van der Waals surface area contributed by atoms with Crippen LogP contribution in [0.1, 0.15) is 26.7 Å². The molecule has 1 heterocycles. The normalized spacial score (nSPS) is 17.8. The van der Waals surface area contributed by atoms with E-state index in [1.807, 2.05) is 12.1 Å². The Balaban J connectivity index is 1.79. The lowest BCUT2D eigenvalue weighted by Gasteiger charge is -2.30. The van der Waals surface area contributed by atoms with E-state index in [0.717, 1.165) is 24.7 Å². The number of nitrogens with one attached hydrogen (secondary N) is 1. The topological polar surface area (TPSA) is 49.4 Å². The number of sulfone groups is 1. The number of hydrogen-bond acceptors (Lipinski definition) is 4. The molecule has 0 bridgehead atoms. The summed E-state index contributed by atoms with van der Waals surface area (Å²) in [5.74, 6) is 1.01. The average molecular weight is 310 g/mol. The molecule has 0 aliphatic carbocycles. The van der Waals surface area contributed by atoms with Crippen molar-refractivity contribution in [1.82, 2.24) is 4.90 Å². The van der Waals surface area contributed by atoms with Gasteiger partial charge < -0.3 is 10.2 Å². The summed E-state index contributed by atoms with van der Waals surface area (Å²) in [5.41, 5.74) is 0.982. The summed E-state index contributed by atoms with van der Waals surface area (Å²) in [7, 11) is -3.09. The molecule has 0 aromatic heterocycles. The Morgan fingerprint density at radius 3 is 2.38 bits per heavy atom. The Bertz CT molecular complexity index is 532. The first kappa shape index (κ1) is 16.3. The SMILES string of the molecule is CCS(=O)(=O)c1ccc(NCCN2CCC(C)CC2)cc1. The second-order valence-corrected chi connectivity index (χ2v) is 8.16. The van der Waals surface area contributed by atoms with E-state index < -0.39 is 9.84 Å². The van der Waals surface area contributed by atoms with Crippen LogP contribution in [0.3, 0.4) is 0 Å². The van der Waals surface area contributed by atoms with Crippen LogP contribution in [-0.4, -0.2) is 45.2 Å². The molecule has 0 atom stereocenters. The predicted octanol–water partition coefficient (Wildman–Crippen LogP) is 2.62. The molecule has 0 radical (unpaired) electrons. The minimum atomic E-state index is -3.09. The first-order valence-corrected chi connectivity index (χ1v) is 9.45. The lowest BCUT2D eigenvalue weighted by molar-refractivity contribution is 0.199. The molecule has 5 heteroatoms. The van der Waals surface area contributed by atoms with Gasteiger partial charge in [-0.1, -0.05) is 13.8 Å². The largest absolute Gasteiger partial charge is 0.384 e. The van der Waals surface area contributed by atoms with Gasteiger partial charge in [0, 0.05) is 18.8 Å². The molecule has 1 aliphatic rings. The zero-order valence-corrected chi connectivity index (χ0v) is 13.8. The molecule has 0 amide bonds. The number of anilines is 1. The van der Waals surface area contributed by atoms with Gasteiger partial charge in [0.2, 0.25) is 0 Å². The van der Waals surface area contributed by atoms with Crippen molar-refractivity contribution in [3.63, 3.8) is 0 Å². The third-order valence-corrected chi connectivity index (χ3v) is 5.98. The second kappa shape index (κ2) is 7.27. The molecule has 1 aromatic rings. The van der Waals surface area contributed by atoms with Gasteiger partial charge in [0.1, 0.15) is 0 Å². The summed E-state index contributed by atoms with van der Waals surface area (Å²) in [6, 6.07) is 7.06. The van der Waals surface area contributed by atoms with Gasteiger partial charge in [-0.3, -0.25) is 0 Å². The fraction of sp³-hybridized carbons (Fsp3) is 0.625. The monoisotopic (exact) mass is 310 g/mol. The van der Waals surface area contributed by atoms with Crippen molar-refractivity contribution in [3.8, 4) is 0 Å². The van der Waals surface area contributed by atoms with E-state index in [9.17, 15) is 8.42 Å².